The quantitative estimate of drug-likeness (QED) is 0.748. The van der Waals surface area contributed by atoms with Crippen LogP contribution in [0.2, 0.25) is 0 Å². The van der Waals surface area contributed by atoms with Crippen LogP contribution in [-0.2, 0) is 0 Å². The van der Waals surface area contributed by atoms with Crippen molar-refractivity contribution in [3.63, 3.8) is 0 Å². The van der Waals surface area contributed by atoms with Gasteiger partial charge in [-0.3, -0.25) is 4.79 Å². The van der Waals surface area contributed by atoms with E-state index >= 15 is 0 Å². The summed E-state index contributed by atoms with van der Waals surface area (Å²) in [6, 6.07) is 7.58. The van der Waals surface area contributed by atoms with Crippen molar-refractivity contribution in [3.05, 3.63) is 46.5 Å². The summed E-state index contributed by atoms with van der Waals surface area (Å²) in [6.07, 6.45) is 4.42. The van der Waals surface area contributed by atoms with Gasteiger partial charge in [0.25, 0.3) is 0 Å². The number of aryl methyl sites for hydroxylation is 1. The molecule has 1 saturated heterocycles. The number of benzene rings is 1. The summed E-state index contributed by atoms with van der Waals surface area (Å²) in [5.41, 5.74) is 1.65. The molecule has 1 aliphatic heterocycles. The zero-order chi connectivity index (χ0) is 18.5. The van der Waals surface area contributed by atoms with E-state index in [1.54, 1.807) is 11.1 Å². The third-order valence-electron chi connectivity index (χ3n) is 4.75. The van der Waals surface area contributed by atoms with Crippen molar-refractivity contribution in [2.75, 3.05) is 18.4 Å². The van der Waals surface area contributed by atoms with Crippen molar-refractivity contribution >= 4 is 28.3 Å². The van der Waals surface area contributed by atoms with Crippen LogP contribution in [0.1, 0.15) is 46.5 Å². The molecule has 1 aliphatic rings. The first-order valence-electron chi connectivity index (χ1n) is 8.86. The minimum absolute atomic E-state index is 0.0158. The van der Waals surface area contributed by atoms with Crippen molar-refractivity contribution < 1.29 is 14.7 Å². The number of aromatic nitrogens is 1. The first kappa shape index (κ1) is 18.4. The summed E-state index contributed by atoms with van der Waals surface area (Å²) in [7, 11) is 0. The number of carbonyl (C=O) groups is 2. The van der Waals surface area contributed by atoms with Gasteiger partial charge in [-0.15, -0.1) is 0 Å². The number of anilines is 1. The van der Waals surface area contributed by atoms with Crippen LogP contribution in [-0.4, -0.2) is 46.0 Å². The van der Waals surface area contributed by atoms with Crippen LogP contribution >= 0.6 is 11.3 Å². The number of thiazole rings is 1. The number of piperidine rings is 1. The highest BCUT2D eigenvalue weighted by atomic mass is 32.1. The molecule has 0 spiro atoms. The van der Waals surface area contributed by atoms with E-state index in [4.69, 9.17) is 0 Å². The lowest BCUT2D eigenvalue weighted by molar-refractivity contribution is 0.103. The largest absolute Gasteiger partial charge is 0.465 e. The lowest BCUT2D eigenvalue weighted by Crippen LogP contribution is -2.43. The molecule has 0 aliphatic carbocycles. The van der Waals surface area contributed by atoms with Gasteiger partial charge in [0, 0.05) is 24.7 Å². The Morgan fingerprint density at radius 3 is 2.92 bits per heavy atom. The molecule has 0 radical (unpaired) electrons. The number of nitrogens with zero attached hydrogens (tertiary/aromatic N) is 2. The van der Waals surface area contributed by atoms with Gasteiger partial charge in [-0.25, -0.2) is 9.78 Å². The van der Waals surface area contributed by atoms with E-state index in [-0.39, 0.29) is 11.8 Å². The molecule has 2 N–H and O–H groups in total. The van der Waals surface area contributed by atoms with E-state index in [1.807, 2.05) is 31.2 Å². The van der Waals surface area contributed by atoms with Crippen LogP contribution in [0, 0.1) is 6.92 Å². The second-order valence-corrected chi connectivity index (χ2v) is 7.55. The second kappa shape index (κ2) is 8.31. The number of rotatable bonds is 6. The average molecular weight is 373 g/mol. The second-order valence-electron chi connectivity index (χ2n) is 6.51. The molecule has 0 saturated carbocycles. The highest BCUT2D eigenvalue weighted by Crippen LogP contribution is 2.24. The summed E-state index contributed by atoms with van der Waals surface area (Å²) >= 11 is 1.34. The van der Waals surface area contributed by atoms with E-state index < -0.39 is 6.09 Å². The maximum absolute atomic E-state index is 12.6. The van der Waals surface area contributed by atoms with Gasteiger partial charge in [-0.05, 0) is 38.2 Å². The van der Waals surface area contributed by atoms with E-state index in [9.17, 15) is 14.7 Å². The Hall–Kier alpha value is -2.41. The fourth-order valence-electron chi connectivity index (χ4n) is 3.32. The highest BCUT2D eigenvalue weighted by Gasteiger charge is 2.25. The smallest absolute Gasteiger partial charge is 0.407 e. The summed E-state index contributed by atoms with van der Waals surface area (Å²) < 4.78 is 0. The average Bonchev–Trinajstić information content (AvgIpc) is 3.11. The van der Waals surface area contributed by atoms with E-state index in [0.717, 1.165) is 31.2 Å². The molecule has 1 aromatic carbocycles. The molecule has 1 unspecified atom stereocenters. The first-order chi connectivity index (χ1) is 12.6. The Morgan fingerprint density at radius 2 is 2.15 bits per heavy atom. The van der Waals surface area contributed by atoms with Crippen LogP contribution in [0.15, 0.2) is 30.5 Å². The Labute approximate surface area is 156 Å². The van der Waals surface area contributed by atoms with Crippen LogP contribution in [0.3, 0.4) is 0 Å². The Morgan fingerprint density at radius 1 is 1.35 bits per heavy atom. The summed E-state index contributed by atoms with van der Waals surface area (Å²) in [4.78, 5) is 30.3. The lowest BCUT2D eigenvalue weighted by atomic mass is 10.00. The van der Waals surface area contributed by atoms with Crippen LogP contribution < -0.4 is 5.32 Å². The maximum Gasteiger partial charge on any atom is 0.407 e. The topological polar surface area (TPSA) is 82.5 Å². The van der Waals surface area contributed by atoms with Gasteiger partial charge in [0.1, 0.15) is 0 Å². The third kappa shape index (κ3) is 4.22. The first-order valence-corrected chi connectivity index (χ1v) is 9.67. The number of amides is 1. The minimum atomic E-state index is -0.838. The fraction of sp³-hybridized carbons (Fsp3) is 0.421. The lowest BCUT2D eigenvalue weighted by Gasteiger charge is -2.33. The molecule has 2 aromatic rings. The summed E-state index contributed by atoms with van der Waals surface area (Å²) in [6.45, 7) is 3.18. The predicted molar refractivity (Wildman–Crippen MR) is 102 cm³/mol. The van der Waals surface area contributed by atoms with Crippen molar-refractivity contribution in [1.29, 1.82) is 0 Å². The number of hydrogen-bond acceptors (Lipinski definition) is 5. The molecule has 0 bridgehead atoms. The molecule has 3 rings (SSSR count). The van der Waals surface area contributed by atoms with E-state index in [2.05, 4.69) is 10.3 Å². The van der Waals surface area contributed by atoms with Crippen LogP contribution in [0.25, 0.3) is 0 Å². The van der Waals surface area contributed by atoms with Gasteiger partial charge < -0.3 is 15.3 Å². The molecule has 1 fully saturated rings. The number of carboxylic acid groups (broad SMARTS) is 1. The van der Waals surface area contributed by atoms with Crippen molar-refractivity contribution in [3.8, 4) is 0 Å². The predicted octanol–water partition coefficient (Wildman–Crippen LogP) is 4.02. The molecule has 2 heterocycles. The molecular formula is C19H23N3O3S. The molecule has 7 heteroatoms. The Bertz CT molecular complexity index is 790. The molecular weight excluding hydrogens is 350 g/mol. The van der Waals surface area contributed by atoms with Gasteiger partial charge in [0.15, 0.2) is 5.13 Å². The minimum Gasteiger partial charge on any atom is -0.465 e. The van der Waals surface area contributed by atoms with Gasteiger partial charge in [0.05, 0.1) is 11.1 Å². The number of carbonyl (C=O) groups excluding carboxylic acids is 1. The summed E-state index contributed by atoms with van der Waals surface area (Å²) in [5, 5.41) is 13.2. The Balaban J connectivity index is 1.56. The molecule has 6 nitrogen and oxygen atoms in total. The zero-order valence-electron chi connectivity index (χ0n) is 14.8. The molecule has 1 atom stereocenters. The number of ketones is 1. The van der Waals surface area contributed by atoms with Gasteiger partial charge in [-0.2, -0.15) is 0 Å². The SMILES string of the molecule is Cc1ccccc1C(=O)c1cnc(NCCC2CCCCN2C(=O)O)s1. The number of hydrogen-bond donors (Lipinski definition) is 2. The molecule has 138 valence electrons. The molecule has 26 heavy (non-hydrogen) atoms. The molecule has 1 aromatic heterocycles. The third-order valence-corrected chi connectivity index (χ3v) is 5.70. The van der Waals surface area contributed by atoms with E-state index in [1.165, 1.54) is 11.3 Å². The fourth-order valence-corrected chi connectivity index (χ4v) is 4.12. The highest BCUT2D eigenvalue weighted by molar-refractivity contribution is 7.17. The number of likely N-dealkylation sites (tertiary alicyclic amines) is 1. The summed E-state index contributed by atoms with van der Waals surface area (Å²) in [5.74, 6) is -0.0158. The van der Waals surface area contributed by atoms with Crippen molar-refractivity contribution in [1.82, 2.24) is 9.88 Å². The Kier molecular flexibility index (Phi) is 5.88. The van der Waals surface area contributed by atoms with Crippen molar-refractivity contribution in [2.45, 2.75) is 38.6 Å². The van der Waals surface area contributed by atoms with E-state index in [0.29, 0.717) is 28.7 Å². The normalized spacial score (nSPS) is 17.1. The van der Waals surface area contributed by atoms with Crippen LogP contribution in [0.4, 0.5) is 9.93 Å². The van der Waals surface area contributed by atoms with Crippen molar-refractivity contribution in [2.24, 2.45) is 0 Å². The molecule has 1 amide bonds. The number of nitrogens with one attached hydrogen (secondary N) is 1. The van der Waals surface area contributed by atoms with Crippen LogP contribution in [0.5, 0.6) is 0 Å². The van der Waals surface area contributed by atoms with Gasteiger partial charge in [-0.1, -0.05) is 35.6 Å². The standard InChI is InChI=1S/C19H23N3O3S/c1-13-6-2-3-8-15(13)17(23)16-12-21-18(26-16)20-10-9-14-7-4-5-11-22(14)19(24)25/h2-3,6,8,12,14H,4-5,7,9-11H2,1H3,(H,20,21)(H,24,25). The van der Waals surface area contributed by atoms with Gasteiger partial charge in [0.2, 0.25) is 5.78 Å². The maximum atomic E-state index is 12.6. The zero-order valence-corrected chi connectivity index (χ0v) is 15.6. The van der Waals surface area contributed by atoms with Gasteiger partial charge >= 0.3 is 6.09 Å². The monoisotopic (exact) mass is 373 g/mol.